The van der Waals surface area contributed by atoms with Gasteiger partial charge in [-0.1, -0.05) is 34.7 Å². The number of methoxy groups -OCH3 is 1. The Morgan fingerprint density at radius 1 is 1.40 bits per heavy atom. The summed E-state index contributed by atoms with van der Waals surface area (Å²) in [7, 11) is 1.78. The van der Waals surface area contributed by atoms with Crippen LogP contribution in [0, 0.1) is 5.41 Å². The van der Waals surface area contributed by atoms with Crippen molar-refractivity contribution in [3.05, 3.63) is 46.5 Å². The van der Waals surface area contributed by atoms with E-state index < -0.39 is 5.60 Å². The molecule has 2 nitrogen and oxygen atoms in total. The van der Waals surface area contributed by atoms with Gasteiger partial charge in [-0.2, -0.15) is 0 Å². The molecule has 108 valence electrons. The molecule has 0 amide bonds. The minimum absolute atomic E-state index is 0.104. The van der Waals surface area contributed by atoms with Gasteiger partial charge in [-0.05, 0) is 55.4 Å². The molecule has 0 aliphatic heterocycles. The second kappa shape index (κ2) is 4.97. The Labute approximate surface area is 129 Å². The summed E-state index contributed by atoms with van der Waals surface area (Å²) in [5.74, 6) is 0. The van der Waals surface area contributed by atoms with Crippen LogP contribution in [0.4, 0.5) is 0 Å². The molecule has 0 heterocycles. The Morgan fingerprint density at radius 3 is 2.70 bits per heavy atom. The van der Waals surface area contributed by atoms with E-state index in [0.29, 0.717) is 6.10 Å². The maximum absolute atomic E-state index is 11.3. The quantitative estimate of drug-likeness (QED) is 0.828. The van der Waals surface area contributed by atoms with Crippen LogP contribution < -0.4 is 0 Å². The van der Waals surface area contributed by atoms with E-state index in [4.69, 9.17) is 4.74 Å². The highest BCUT2D eigenvalue weighted by molar-refractivity contribution is 9.10. The van der Waals surface area contributed by atoms with E-state index in [-0.39, 0.29) is 5.41 Å². The van der Waals surface area contributed by atoms with Gasteiger partial charge >= 0.3 is 0 Å². The van der Waals surface area contributed by atoms with Crippen molar-refractivity contribution in [2.45, 2.75) is 43.8 Å². The van der Waals surface area contributed by atoms with Crippen molar-refractivity contribution in [1.82, 2.24) is 0 Å². The smallest absolute Gasteiger partial charge is 0.114 e. The van der Waals surface area contributed by atoms with Crippen molar-refractivity contribution in [3.8, 4) is 0 Å². The minimum Gasteiger partial charge on any atom is -0.381 e. The number of aliphatic hydroxyl groups is 1. The van der Waals surface area contributed by atoms with E-state index in [1.165, 1.54) is 5.56 Å². The van der Waals surface area contributed by atoms with Crippen LogP contribution >= 0.6 is 15.9 Å². The van der Waals surface area contributed by atoms with Gasteiger partial charge in [0.1, 0.15) is 5.60 Å². The van der Waals surface area contributed by atoms with E-state index in [9.17, 15) is 5.11 Å². The maximum atomic E-state index is 11.3. The molecular formula is C17H21BrO2. The van der Waals surface area contributed by atoms with Crippen molar-refractivity contribution in [3.63, 3.8) is 0 Å². The predicted octanol–water partition coefficient (Wildman–Crippen LogP) is 3.95. The standard InChI is InChI=1S/C17H21BrO2/c1-3-17(19)15-10-13(18)5-4-12(15)11-16(17)8-6-14(20-2)7-9-16/h3-5,10,14,19H,1,6-9,11H2,2H3. The van der Waals surface area contributed by atoms with Crippen LogP contribution in [0.25, 0.3) is 0 Å². The molecule has 1 saturated carbocycles. The van der Waals surface area contributed by atoms with Crippen molar-refractivity contribution < 1.29 is 9.84 Å². The van der Waals surface area contributed by atoms with Crippen molar-refractivity contribution >= 4 is 15.9 Å². The molecular weight excluding hydrogens is 316 g/mol. The Hall–Kier alpha value is -0.640. The first-order valence-electron chi connectivity index (χ1n) is 7.22. The minimum atomic E-state index is -0.912. The number of rotatable bonds is 2. The molecule has 0 aromatic heterocycles. The van der Waals surface area contributed by atoms with Crippen LogP contribution in [0.5, 0.6) is 0 Å². The van der Waals surface area contributed by atoms with Crippen LogP contribution in [-0.2, 0) is 16.8 Å². The number of hydrogen-bond donors (Lipinski definition) is 1. The molecule has 1 atom stereocenters. The average molecular weight is 337 g/mol. The van der Waals surface area contributed by atoms with Crippen LogP contribution in [0.3, 0.4) is 0 Å². The van der Waals surface area contributed by atoms with Gasteiger partial charge in [0.05, 0.1) is 6.10 Å². The lowest BCUT2D eigenvalue weighted by Crippen LogP contribution is -2.44. The lowest BCUT2D eigenvalue weighted by atomic mass is 9.63. The summed E-state index contributed by atoms with van der Waals surface area (Å²) in [6.45, 7) is 3.94. The summed E-state index contributed by atoms with van der Waals surface area (Å²) in [6, 6.07) is 6.24. The average Bonchev–Trinajstić information content (AvgIpc) is 2.70. The fourth-order valence-electron chi connectivity index (χ4n) is 4.11. The first-order chi connectivity index (χ1) is 9.54. The van der Waals surface area contributed by atoms with Crippen LogP contribution in [0.1, 0.15) is 36.8 Å². The molecule has 1 unspecified atom stereocenters. The Balaban J connectivity index is 2.01. The topological polar surface area (TPSA) is 29.5 Å². The molecule has 1 aromatic rings. The molecule has 1 aromatic carbocycles. The Kier molecular flexibility index (Phi) is 3.56. The zero-order valence-corrected chi connectivity index (χ0v) is 13.4. The summed E-state index contributed by atoms with van der Waals surface area (Å²) < 4.78 is 6.49. The summed E-state index contributed by atoms with van der Waals surface area (Å²) >= 11 is 3.51. The lowest BCUT2D eigenvalue weighted by Gasteiger charge is -2.45. The van der Waals surface area contributed by atoms with E-state index in [1.54, 1.807) is 13.2 Å². The van der Waals surface area contributed by atoms with Crippen molar-refractivity contribution in [2.75, 3.05) is 7.11 Å². The molecule has 1 fully saturated rings. The molecule has 3 heteroatoms. The zero-order chi connectivity index (χ0) is 14.4. The van der Waals surface area contributed by atoms with Gasteiger partial charge in [0.2, 0.25) is 0 Å². The normalized spacial score (nSPS) is 36.0. The molecule has 20 heavy (non-hydrogen) atoms. The molecule has 2 aliphatic carbocycles. The second-order valence-corrected chi connectivity index (χ2v) is 7.08. The number of fused-ring (bicyclic) bond motifs is 1. The first-order valence-corrected chi connectivity index (χ1v) is 8.02. The van der Waals surface area contributed by atoms with Gasteiger partial charge < -0.3 is 9.84 Å². The third kappa shape index (κ3) is 1.91. The summed E-state index contributed by atoms with van der Waals surface area (Å²) in [6.07, 6.45) is 7.03. The molecule has 0 saturated heterocycles. The van der Waals surface area contributed by atoms with E-state index in [1.807, 2.05) is 6.07 Å². The van der Waals surface area contributed by atoms with Gasteiger partial charge in [-0.15, -0.1) is 0 Å². The molecule has 0 bridgehead atoms. The first kappa shape index (κ1) is 14.3. The fourth-order valence-corrected chi connectivity index (χ4v) is 4.47. The number of ether oxygens (including phenoxy) is 1. The lowest BCUT2D eigenvalue weighted by molar-refractivity contribution is -0.0820. The third-order valence-corrected chi connectivity index (χ3v) is 5.83. The second-order valence-electron chi connectivity index (χ2n) is 6.16. The molecule has 0 radical (unpaired) electrons. The molecule has 3 rings (SSSR count). The molecule has 1 N–H and O–H groups in total. The highest BCUT2D eigenvalue weighted by Gasteiger charge is 2.56. The highest BCUT2D eigenvalue weighted by Crippen LogP contribution is 2.58. The molecule has 1 spiro atoms. The van der Waals surface area contributed by atoms with E-state index in [2.05, 4.69) is 34.6 Å². The summed E-state index contributed by atoms with van der Waals surface area (Å²) in [4.78, 5) is 0. The van der Waals surface area contributed by atoms with Crippen molar-refractivity contribution in [2.24, 2.45) is 5.41 Å². The largest absolute Gasteiger partial charge is 0.381 e. The Bertz CT molecular complexity index is 532. The summed E-state index contributed by atoms with van der Waals surface area (Å²) in [5.41, 5.74) is 1.27. The van der Waals surface area contributed by atoms with Gasteiger partial charge in [-0.25, -0.2) is 0 Å². The van der Waals surface area contributed by atoms with Crippen LogP contribution in [0.15, 0.2) is 35.3 Å². The van der Waals surface area contributed by atoms with E-state index in [0.717, 1.165) is 42.1 Å². The monoisotopic (exact) mass is 336 g/mol. The fraction of sp³-hybridized carbons (Fsp3) is 0.529. The molecule has 2 aliphatic rings. The highest BCUT2D eigenvalue weighted by atomic mass is 79.9. The maximum Gasteiger partial charge on any atom is 0.114 e. The van der Waals surface area contributed by atoms with Crippen molar-refractivity contribution in [1.29, 1.82) is 0 Å². The van der Waals surface area contributed by atoms with Crippen LogP contribution in [-0.4, -0.2) is 18.3 Å². The third-order valence-electron chi connectivity index (χ3n) is 5.34. The van der Waals surface area contributed by atoms with Crippen LogP contribution in [0.2, 0.25) is 0 Å². The van der Waals surface area contributed by atoms with Gasteiger partial charge in [0.25, 0.3) is 0 Å². The number of benzene rings is 1. The summed E-state index contributed by atoms with van der Waals surface area (Å²) in [5, 5.41) is 11.3. The SMILES string of the molecule is C=CC1(O)c2cc(Br)ccc2CC12CCC(OC)CC2. The van der Waals surface area contributed by atoms with Gasteiger partial charge in [0, 0.05) is 17.0 Å². The zero-order valence-electron chi connectivity index (χ0n) is 11.9. The Morgan fingerprint density at radius 2 is 2.10 bits per heavy atom. The van der Waals surface area contributed by atoms with Gasteiger partial charge in [-0.3, -0.25) is 0 Å². The predicted molar refractivity (Wildman–Crippen MR) is 83.6 cm³/mol. The number of hydrogen-bond acceptors (Lipinski definition) is 2. The van der Waals surface area contributed by atoms with E-state index >= 15 is 0 Å². The number of halogens is 1. The van der Waals surface area contributed by atoms with Gasteiger partial charge in [0.15, 0.2) is 0 Å².